The van der Waals surface area contributed by atoms with Crippen LogP contribution in [0.15, 0.2) is 42.5 Å². The first-order valence-electron chi connectivity index (χ1n) is 7.63. The molecule has 3 rings (SSSR count). The fourth-order valence-corrected chi connectivity index (χ4v) is 2.80. The van der Waals surface area contributed by atoms with Crippen molar-refractivity contribution in [2.45, 2.75) is 26.7 Å². The third-order valence-corrected chi connectivity index (χ3v) is 3.85. The van der Waals surface area contributed by atoms with Gasteiger partial charge in [0.25, 0.3) is 0 Å². The van der Waals surface area contributed by atoms with Crippen molar-refractivity contribution in [3.8, 4) is 5.75 Å². The largest absolute Gasteiger partial charge is 0.488 e. The van der Waals surface area contributed by atoms with Crippen LogP contribution in [0.2, 0.25) is 0 Å². The van der Waals surface area contributed by atoms with Gasteiger partial charge in [-0.25, -0.2) is 4.39 Å². The average molecular weight is 327 g/mol. The summed E-state index contributed by atoms with van der Waals surface area (Å²) in [5.41, 5.74) is 3.31. The monoisotopic (exact) mass is 327 g/mol. The molecular formula is C19H18FNO3. The Morgan fingerprint density at radius 1 is 1.00 bits per heavy atom. The molecule has 2 N–H and O–H groups in total. The highest BCUT2D eigenvalue weighted by Gasteiger charge is 2.13. The molecule has 0 radical (unpaired) electrons. The Morgan fingerprint density at radius 3 is 2.33 bits per heavy atom. The minimum absolute atomic E-state index is 0.232. The highest BCUT2D eigenvalue weighted by atomic mass is 19.1. The molecule has 0 unspecified atom stereocenters. The molecular weight excluding hydrogens is 309 g/mol. The van der Waals surface area contributed by atoms with Crippen molar-refractivity contribution in [1.82, 2.24) is 4.98 Å². The molecule has 0 atom stereocenters. The Bertz CT molecular complexity index is 855. The molecule has 3 aromatic rings. The van der Waals surface area contributed by atoms with E-state index in [1.54, 1.807) is 0 Å². The molecule has 0 amide bonds. The number of aliphatic hydroxyl groups excluding tert-OH is 2. The van der Waals surface area contributed by atoms with Gasteiger partial charge in [-0.15, -0.1) is 0 Å². The van der Waals surface area contributed by atoms with E-state index in [0.29, 0.717) is 16.9 Å². The van der Waals surface area contributed by atoms with E-state index in [0.717, 1.165) is 22.2 Å². The van der Waals surface area contributed by atoms with E-state index in [9.17, 15) is 14.6 Å². The standard InChI is InChI=1S/C19H18FNO3/c1-12-6-15(17-4-2-3-5-18(17)21-12)11-24-19-13(9-22)7-16(20)8-14(19)10-23/h2-8,22-23H,9-11H2,1H3. The van der Waals surface area contributed by atoms with Crippen molar-refractivity contribution >= 4 is 10.9 Å². The van der Waals surface area contributed by atoms with E-state index in [4.69, 9.17) is 4.74 Å². The van der Waals surface area contributed by atoms with Crippen LogP contribution < -0.4 is 4.74 Å². The summed E-state index contributed by atoms with van der Waals surface area (Å²) in [4.78, 5) is 4.49. The van der Waals surface area contributed by atoms with E-state index >= 15 is 0 Å². The van der Waals surface area contributed by atoms with Crippen LogP contribution in [0.5, 0.6) is 5.75 Å². The van der Waals surface area contributed by atoms with Gasteiger partial charge in [0.1, 0.15) is 18.2 Å². The van der Waals surface area contributed by atoms with Crippen molar-refractivity contribution in [2.24, 2.45) is 0 Å². The Labute approximate surface area is 139 Å². The number of rotatable bonds is 5. The number of nitrogens with zero attached hydrogens (tertiary/aromatic N) is 1. The number of pyridine rings is 1. The van der Waals surface area contributed by atoms with Crippen molar-refractivity contribution in [1.29, 1.82) is 0 Å². The predicted molar refractivity (Wildman–Crippen MR) is 89.1 cm³/mol. The molecule has 4 nitrogen and oxygen atoms in total. The number of aryl methyl sites for hydroxylation is 1. The normalized spacial score (nSPS) is 11.0. The number of benzene rings is 2. The molecule has 2 aromatic carbocycles. The van der Waals surface area contributed by atoms with Gasteiger partial charge in [0.15, 0.2) is 0 Å². The average Bonchev–Trinajstić information content (AvgIpc) is 2.59. The first kappa shape index (κ1) is 16.4. The first-order chi connectivity index (χ1) is 11.6. The summed E-state index contributed by atoms with van der Waals surface area (Å²) in [5, 5.41) is 19.8. The highest BCUT2D eigenvalue weighted by molar-refractivity contribution is 5.82. The molecule has 0 spiro atoms. The molecule has 0 fully saturated rings. The van der Waals surface area contributed by atoms with Crippen molar-refractivity contribution in [3.63, 3.8) is 0 Å². The number of ether oxygens (including phenoxy) is 1. The molecule has 0 aliphatic rings. The zero-order valence-corrected chi connectivity index (χ0v) is 13.3. The summed E-state index contributed by atoms with van der Waals surface area (Å²) in [7, 11) is 0. The lowest BCUT2D eigenvalue weighted by molar-refractivity contribution is 0.241. The molecule has 5 heteroatoms. The maximum absolute atomic E-state index is 13.5. The van der Waals surface area contributed by atoms with Crippen LogP contribution in [0, 0.1) is 12.7 Å². The lowest BCUT2D eigenvalue weighted by Crippen LogP contribution is -2.05. The molecule has 0 saturated heterocycles. The number of halogens is 1. The van der Waals surface area contributed by atoms with E-state index in [1.165, 1.54) is 12.1 Å². The predicted octanol–water partition coefficient (Wildman–Crippen LogP) is 3.25. The number of fused-ring (bicyclic) bond motifs is 1. The van der Waals surface area contributed by atoms with Gasteiger partial charge in [-0.1, -0.05) is 18.2 Å². The number of aliphatic hydroxyl groups is 2. The Balaban J connectivity index is 1.97. The zero-order valence-electron chi connectivity index (χ0n) is 13.3. The zero-order chi connectivity index (χ0) is 17.1. The van der Waals surface area contributed by atoms with Gasteiger partial charge in [0.05, 0.1) is 18.7 Å². The number of hydrogen-bond acceptors (Lipinski definition) is 4. The fraction of sp³-hybridized carbons (Fsp3) is 0.211. The maximum Gasteiger partial charge on any atom is 0.131 e. The van der Waals surface area contributed by atoms with E-state index in [1.807, 2.05) is 37.3 Å². The van der Waals surface area contributed by atoms with Crippen molar-refractivity contribution < 1.29 is 19.3 Å². The van der Waals surface area contributed by atoms with Gasteiger partial charge in [0, 0.05) is 27.8 Å². The van der Waals surface area contributed by atoms with Gasteiger partial charge < -0.3 is 14.9 Å². The molecule has 1 aromatic heterocycles. The van der Waals surface area contributed by atoms with Crippen LogP contribution in [0.3, 0.4) is 0 Å². The SMILES string of the molecule is Cc1cc(COc2c(CO)cc(F)cc2CO)c2ccccc2n1. The third-order valence-electron chi connectivity index (χ3n) is 3.85. The van der Waals surface area contributed by atoms with Gasteiger partial charge in [-0.3, -0.25) is 4.98 Å². The molecule has 0 bridgehead atoms. The summed E-state index contributed by atoms with van der Waals surface area (Å²) in [6, 6.07) is 12.1. The van der Waals surface area contributed by atoms with Gasteiger partial charge >= 0.3 is 0 Å². The topological polar surface area (TPSA) is 62.6 Å². The Kier molecular flexibility index (Phi) is 4.74. The molecule has 124 valence electrons. The highest BCUT2D eigenvalue weighted by Crippen LogP contribution is 2.28. The van der Waals surface area contributed by atoms with Gasteiger partial charge in [-0.2, -0.15) is 0 Å². The van der Waals surface area contributed by atoms with Crippen molar-refractivity contribution in [2.75, 3.05) is 0 Å². The minimum atomic E-state index is -0.513. The van der Waals surface area contributed by atoms with E-state index in [-0.39, 0.29) is 19.8 Å². The summed E-state index contributed by atoms with van der Waals surface area (Å²) < 4.78 is 19.4. The molecule has 0 aliphatic heterocycles. The second-order valence-corrected chi connectivity index (χ2v) is 5.60. The van der Waals surface area contributed by atoms with Crippen molar-refractivity contribution in [3.05, 3.63) is 70.7 Å². The second-order valence-electron chi connectivity index (χ2n) is 5.60. The summed E-state index contributed by atoms with van der Waals surface area (Å²) in [5.74, 6) is -0.194. The fourth-order valence-electron chi connectivity index (χ4n) is 2.80. The lowest BCUT2D eigenvalue weighted by Gasteiger charge is -2.15. The first-order valence-corrected chi connectivity index (χ1v) is 7.63. The van der Waals surface area contributed by atoms with E-state index < -0.39 is 5.82 Å². The van der Waals surface area contributed by atoms with Crippen LogP contribution in [-0.4, -0.2) is 15.2 Å². The quantitative estimate of drug-likeness (QED) is 0.755. The molecule has 1 heterocycles. The Hall–Kier alpha value is -2.50. The summed E-state index contributed by atoms with van der Waals surface area (Å²) in [6.45, 7) is 1.41. The molecule has 0 saturated carbocycles. The van der Waals surface area contributed by atoms with Crippen LogP contribution in [-0.2, 0) is 19.8 Å². The second kappa shape index (κ2) is 6.95. The number of hydrogen-bond donors (Lipinski definition) is 2. The molecule has 0 aliphatic carbocycles. The lowest BCUT2D eigenvalue weighted by atomic mass is 10.1. The van der Waals surface area contributed by atoms with E-state index in [2.05, 4.69) is 4.98 Å². The third kappa shape index (κ3) is 3.22. The summed E-state index contributed by atoms with van der Waals surface area (Å²) in [6.07, 6.45) is 0. The smallest absolute Gasteiger partial charge is 0.131 e. The van der Waals surface area contributed by atoms with Crippen LogP contribution >= 0.6 is 0 Å². The number of aromatic nitrogens is 1. The van der Waals surface area contributed by atoms with Crippen LogP contribution in [0.1, 0.15) is 22.4 Å². The minimum Gasteiger partial charge on any atom is -0.488 e. The maximum atomic E-state index is 13.5. The number of para-hydroxylation sites is 1. The Morgan fingerprint density at radius 2 is 1.67 bits per heavy atom. The van der Waals surface area contributed by atoms with Crippen LogP contribution in [0.25, 0.3) is 10.9 Å². The summed E-state index contributed by atoms with van der Waals surface area (Å²) >= 11 is 0. The molecule has 24 heavy (non-hydrogen) atoms. The van der Waals surface area contributed by atoms with Gasteiger partial charge in [0.2, 0.25) is 0 Å². The van der Waals surface area contributed by atoms with Crippen LogP contribution in [0.4, 0.5) is 4.39 Å². The van der Waals surface area contributed by atoms with Gasteiger partial charge in [-0.05, 0) is 31.2 Å².